The Bertz CT molecular complexity index is 784. The first-order chi connectivity index (χ1) is 10.9. The molecule has 0 aromatic heterocycles. The van der Waals surface area contributed by atoms with Gasteiger partial charge in [-0.05, 0) is 30.7 Å². The fourth-order valence-electron chi connectivity index (χ4n) is 1.91. The highest BCUT2D eigenvalue weighted by Crippen LogP contribution is 2.20. The molecule has 0 N–H and O–H groups in total. The molecule has 118 valence electrons. The molecule has 7 heteroatoms. The van der Waals surface area contributed by atoms with Crippen LogP contribution in [0.2, 0.25) is 0 Å². The summed E-state index contributed by atoms with van der Waals surface area (Å²) >= 11 is 0. The van der Waals surface area contributed by atoms with Crippen LogP contribution in [0.3, 0.4) is 0 Å². The summed E-state index contributed by atoms with van der Waals surface area (Å²) < 4.78 is 9.70. The molecule has 0 aliphatic heterocycles. The van der Waals surface area contributed by atoms with Crippen molar-refractivity contribution in [2.45, 2.75) is 6.92 Å². The van der Waals surface area contributed by atoms with Gasteiger partial charge in [-0.15, -0.1) is 0 Å². The van der Waals surface area contributed by atoms with Crippen molar-refractivity contribution < 1.29 is 24.0 Å². The summed E-state index contributed by atoms with van der Waals surface area (Å²) in [5.74, 6) is -1.27. The fraction of sp³-hybridized carbons (Fsp3) is 0.125. The Hall–Kier alpha value is -3.22. The number of ether oxygens (including phenoxy) is 2. The van der Waals surface area contributed by atoms with Gasteiger partial charge in [0.1, 0.15) is 5.75 Å². The van der Waals surface area contributed by atoms with Crippen LogP contribution in [0.15, 0.2) is 42.5 Å². The summed E-state index contributed by atoms with van der Waals surface area (Å²) in [5, 5.41) is 10.9. The molecule has 2 aromatic carbocycles. The van der Waals surface area contributed by atoms with Crippen LogP contribution < -0.4 is 4.74 Å². The number of aryl methyl sites for hydroxylation is 1. The van der Waals surface area contributed by atoms with E-state index in [1.54, 1.807) is 18.2 Å². The van der Waals surface area contributed by atoms with E-state index in [1.165, 1.54) is 6.07 Å². The first-order valence-electron chi connectivity index (χ1n) is 6.57. The standard InChI is InChI=1S/C16H13NO6/c1-10-4-3-5-14(6-10)23-16(19)12-7-11(15(18)22-2)8-13(9-12)17(20)21/h3-9H,1-2H3. The zero-order chi connectivity index (χ0) is 17.0. The van der Waals surface area contributed by atoms with Crippen molar-refractivity contribution in [2.75, 3.05) is 7.11 Å². The lowest BCUT2D eigenvalue weighted by atomic mass is 10.1. The molecule has 0 aliphatic carbocycles. The Morgan fingerprint density at radius 3 is 2.26 bits per heavy atom. The van der Waals surface area contributed by atoms with Crippen LogP contribution in [0.5, 0.6) is 5.75 Å². The normalized spacial score (nSPS) is 10.0. The molecule has 0 unspecified atom stereocenters. The van der Waals surface area contributed by atoms with Gasteiger partial charge in [-0.1, -0.05) is 12.1 Å². The van der Waals surface area contributed by atoms with Crippen LogP contribution in [0.1, 0.15) is 26.3 Å². The number of nitrogens with zero attached hydrogens (tertiary/aromatic N) is 1. The Kier molecular flexibility index (Phi) is 4.70. The molecule has 2 aromatic rings. The molecule has 2 rings (SSSR count). The Morgan fingerprint density at radius 1 is 1.04 bits per heavy atom. The summed E-state index contributed by atoms with van der Waals surface area (Å²) in [6.07, 6.45) is 0. The van der Waals surface area contributed by atoms with Crippen molar-refractivity contribution >= 4 is 17.6 Å². The number of carbonyl (C=O) groups is 2. The average molecular weight is 315 g/mol. The first-order valence-corrected chi connectivity index (χ1v) is 6.57. The maximum atomic E-state index is 12.2. The van der Waals surface area contributed by atoms with E-state index in [0.29, 0.717) is 5.75 Å². The smallest absolute Gasteiger partial charge is 0.343 e. The van der Waals surface area contributed by atoms with Crippen LogP contribution in [-0.2, 0) is 4.74 Å². The lowest BCUT2D eigenvalue weighted by molar-refractivity contribution is -0.384. The molecule has 0 fully saturated rings. The minimum Gasteiger partial charge on any atom is -0.465 e. The second-order valence-electron chi connectivity index (χ2n) is 4.72. The van der Waals surface area contributed by atoms with Crippen LogP contribution in [0.25, 0.3) is 0 Å². The molecule has 0 aliphatic rings. The van der Waals surface area contributed by atoms with Gasteiger partial charge >= 0.3 is 11.9 Å². The molecular formula is C16H13NO6. The van der Waals surface area contributed by atoms with Gasteiger partial charge in [-0.25, -0.2) is 9.59 Å². The van der Waals surface area contributed by atoms with Crippen molar-refractivity contribution in [3.8, 4) is 5.75 Å². The topological polar surface area (TPSA) is 95.7 Å². The van der Waals surface area contributed by atoms with Crippen LogP contribution in [0.4, 0.5) is 5.69 Å². The third kappa shape index (κ3) is 3.91. The molecule has 0 radical (unpaired) electrons. The van der Waals surface area contributed by atoms with E-state index in [4.69, 9.17) is 4.74 Å². The van der Waals surface area contributed by atoms with Gasteiger partial charge in [0.15, 0.2) is 0 Å². The third-order valence-corrected chi connectivity index (χ3v) is 2.99. The predicted molar refractivity (Wildman–Crippen MR) is 80.6 cm³/mol. The lowest BCUT2D eigenvalue weighted by Gasteiger charge is -2.06. The highest BCUT2D eigenvalue weighted by Gasteiger charge is 2.19. The molecule has 0 atom stereocenters. The van der Waals surface area contributed by atoms with Gasteiger partial charge in [0.25, 0.3) is 5.69 Å². The minimum atomic E-state index is -0.801. The predicted octanol–water partition coefficient (Wildman–Crippen LogP) is 2.91. The van der Waals surface area contributed by atoms with Crippen molar-refractivity contribution in [2.24, 2.45) is 0 Å². The average Bonchev–Trinajstić information content (AvgIpc) is 2.53. The highest BCUT2D eigenvalue weighted by molar-refractivity contribution is 5.97. The molecule has 0 amide bonds. The van der Waals surface area contributed by atoms with Crippen LogP contribution in [0, 0.1) is 17.0 Å². The number of rotatable bonds is 4. The molecule has 0 saturated heterocycles. The van der Waals surface area contributed by atoms with Gasteiger partial charge in [0.2, 0.25) is 0 Å². The van der Waals surface area contributed by atoms with E-state index in [-0.39, 0.29) is 11.1 Å². The van der Waals surface area contributed by atoms with Crippen molar-refractivity contribution in [3.63, 3.8) is 0 Å². The van der Waals surface area contributed by atoms with Gasteiger partial charge in [0.05, 0.1) is 23.2 Å². The highest BCUT2D eigenvalue weighted by atomic mass is 16.6. The molecule has 0 spiro atoms. The van der Waals surface area contributed by atoms with Crippen LogP contribution in [-0.4, -0.2) is 24.0 Å². The quantitative estimate of drug-likeness (QED) is 0.372. The van der Waals surface area contributed by atoms with Crippen molar-refractivity contribution in [3.05, 3.63) is 69.3 Å². The van der Waals surface area contributed by atoms with E-state index >= 15 is 0 Å². The number of hydrogen-bond acceptors (Lipinski definition) is 6. The first kappa shape index (κ1) is 16.2. The van der Waals surface area contributed by atoms with Crippen LogP contribution >= 0.6 is 0 Å². The van der Waals surface area contributed by atoms with Gasteiger partial charge < -0.3 is 9.47 Å². The molecular weight excluding hydrogens is 302 g/mol. The second kappa shape index (κ2) is 6.69. The molecule has 0 heterocycles. The maximum Gasteiger partial charge on any atom is 0.343 e. The zero-order valence-corrected chi connectivity index (χ0v) is 12.4. The summed E-state index contributed by atoms with van der Waals surface area (Å²) in [6, 6.07) is 10.1. The van der Waals surface area contributed by atoms with E-state index in [9.17, 15) is 19.7 Å². The number of hydrogen-bond donors (Lipinski definition) is 0. The molecule has 23 heavy (non-hydrogen) atoms. The number of esters is 2. The zero-order valence-electron chi connectivity index (χ0n) is 12.4. The van der Waals surface area contributed by atoms with E-state index < -0.39 is 22.5 Å². The largest absolute Gasteiger partial charge is 0.465 e. The molecule has 7 nitrogen and oxygen atoms in total. The third-order valence-electron chi connectivity index (χ3n) is 2.99. The SMILES string of the molecule is COC(=O)c1cc(C(=O)Oc2cccc(C)c2)cc([N+](=O)[O-])c1. The number of benzene rings is 2. The Labute approximate surface area is 131 Å². The van der Waals surface area contributed by atoms with Gasteiger partial charge in [-0.2, -0.15) is 0 Å². The summed E-state index contributed by atoms with van der Waals surface area (Å²) in [6.45, 7) is 1.83. The summed E-state index contributed by atoms with van der Waals surface area (Å²) in [4.78, 5) is 34.0. The van der Waals surface area contributed by atoms with E-state index in [2.05, 4.69) is 4.74 Å². The monoisotopic (exact) mass is 315 g/mol. The number of non-ortho nitro benzene ring substituents is 1. The minimum absolute atomic E-state index is 0.0992. The van der Waals surface area contributed by atoms with Crippen molar-refractivity contribution in [1.29, 1.82) is 0 Å². The summed E-state index contributed by atoms with van der Waals surface area (Å²) in [5.41, 5.74) is 0.285. The maximum absolute atomic E-state index is 12.2. The van der Waals surface area contributed by atoms with E-state index in [0.717, 1.165) is 24.8 Å². The van der Waals surface area contributed by atoms with E-state index in [1.807, 2.05) is 13.0 Å². The Balaban J connectivity index is 2.37. The van der Waals surface area contributed by atoms with Gasteiger partial charge in [0, 0.05) is 12.1 Å². The Morgan fingerprint density at radius 2 is 1.70 bits per heavy atom. The second-order valence-corrected chi connectivity index (χ2v) is 4.72. The number of methoxy groups -OCH3 is 1. The van der Waals surface area contributed by atoms with Crippen molar-refractivity contribution in [1.82, 2.24) is 0 Å². The van der Waals surface area contributed by atoms with Gasteiger partial charge in [-0.3, -0.25) is 10.1 Å². The number of nitro benzene ring substituents is 1. The molecule has 0 bridgehead atoms. The number of carbonyl (C=O) groups excluding carboxylic acids is 2. The lowest BCUT2D eigenvalue weighted by Crippen LogP contribution is -2.11. The fourth-order valence-corrected chi connectivity index (χ4v) is 1.91. The summed E-state index contributed by atoms with van der Waals surface area (Å²) in [7, 11) is 1.14. The number of nitro groups is 1. The molecule has 0 saturated carbocycles.